The van der Waals surface area contributed by atoms with Crippen molar-refractivity contribution in [2.75, 3.05) is 0 Å². The van der Waals surface area contributed by atoms with Crippen LogP contribution in [0, 0.1) is 18.7 Å². The van der Waals surface area contributed by atoms with Gasteiger partial charge in [-0.15, -0.1) is 0 Å². The van der Waals surface area contributed by atoms with Crippen LogP contribution in [0.25, 0.3) is 0 Å². The van der Waals surface area contributed by atoms with Gasteiger partial charge in [0.2, 0.25) is 0 Å². The molecule has 2 nitrogen and oxygen atoms in total. The molecule has 0 aliphatic rings. The summed E-state index contributed by atoms with van der Waals surface area (Å²) in [5.41, 5.74) is 2.83. The molecule has 0 radical (unpaired) electrons. The van der Waals surface area contributed by atoms with Gasteiger partial charge in [-0.1, -0.05) is 47.5 Å². The van der Waals surface area contributed by atoms with Gasteiger partial charge < -0.3 is 5.11 Å². The molecule has 0 spiro atoms. The highest BCUT2D eigenvalue weighted by Crippen LogP contribution is 2.20. The van der Waals surface area contributed by atoms with Crippen molar-refractivity contribution < 1.29 is 14.3 Å². The summed E-state index contributed by atoms with van der Waals surface area (Å²) in [5, 5.41) is 9.39. The van der Waals surface area contributed by atoms with Crippen molar-refractivity contribution in [3.8, 4) is 0 Å². The van der Waals surface area contributed by atoms with Gasteiger partial charge in [-0.2, -0.15) is 0 Å². The first-order chi connectivity index (χ1) is 9.95. The molecule has 2 aromatic rings. The smallest absolute Gasteiger partial charge is 0.307 e. The predicted molar refractivity (Wildman–Crippen MR) is 81.1 cm³/mol. The average molecular weight is 307 g/mol. The third kappa shape index (κ3) is 4.30. The molecule has 1 unspecified atom stereocenters. The number of hydrogen-bond donors (Lipinski definition) is 1. The number of benzene rings is 2. The molecule has 0 amide bonds. The second kappa shape index (κ2) is 6.72. The Bertz CT molecular complexity index is 638. The van der Waals surface area contributed by atoms with Gasteiger partial charge in [-0.05, 0) is 43.0 Å². The summed E-state index contributed by atoms with van der Waals surface area (Å²) in [6.45, 7) is 1.99. The highest BCUT2D eigenvalue weighted by Gasteiger charge is 2.19. The normalized spacial score (nSPS) is 12.1. The lowest BCUT2D eigenvalue weighted by Gasteiger charge is -2.13. The van der Waals surface area contributed by atoms with Crippen molar-refractivity contribution >= 4 is 17.6 Å². The summed E-state index contributed by atoms with van der Waals surface area (Å²) in [4.78, 5) is 11.4. The Hall–Kier alpha value is -1.87. The van der Waals surface area contributed by atoms with Crippen molar-refractivity contribution in [3.63, 3.8) is 0 Å². The van der Waals surface area contributed by atoms with E-state index in [4.69, 9.17) is 11.6 Å². The first kappa shape index (κ1) is 15.5. The van der Waals surface area contributed by atoms with Crippen LogP contribution < -0.4 is 0 Å². The summed E-state index contributed by atoms with van der Waals surface area (Å²) in [5.74, 6) is -1.92. The Morgan fingerprint density at radius 2 is 1.71 bits per heavy atom. The van der Waals surface area contributed by atoms with Gasteiger partial charge in [0.25, 0.3) is 0 Å². The van der Waals surface area contributed by atoms with Crippen LogP contribution in [0.4, 0.5) is 4.39 Å². The van der Waals surface area contributed by atoms with E-state index in [1.165, 1.54) is 12.1 Å². The summed E-state index contributed by atoms with van der Waals surface area (Å²) in [6, 6.07) is 12.1. The standard InChI is InChI=1S/C17H16ClFO2/c1-11-2-4-12(5-3-11)8-14(17(20)21)9-13-6-7-16(19)15(18)10-13/h2-7,10,14H,8-9H2,1H3,(H,20,21). The molecule has 0 saturated carbocycles. The van der Waals surface area contributed by atoms with Crippen LogP contribution in [0.5, 0.6) is 0 Å². The van der Waals surface area contributed by atoms with E-state index in [0.29, 0.717) is 12.8 Å². The van der Waals surface area contributed by atoms with Gasteiger partial charge in [0.05, 0.1) is 10.9 Å². The van der Waals surface area contributed by atoms with Crippen LogP contribution in [-0.2, 0) is 17.6 Å². The third-order valence-corrected chi connectivity index (χ3v) is 3.71. The lowest BCUT2D eigenvalue weighted by molar-refractivity contribution is -0.141. The van der Waals surface area contributed by atoms with E-state index < -0.39 is 17.7 Å². The first-order valence-electron chi connectivity index (χ1n) is 6.68. The summed E-state index contributed by atoms with van der Waals surface area (Å²) in [6.07, 6.45) is 0.758. The molecule has 2 rings (SSSR count). The van der Waals surface area contributed by atoms with Crippen molar-refractivity contribution in [1.29, 1.82) is 0 Å². The SMILES string of the molecule is Cc1ccc(CC(Cc2ccc(F)c(Cl)c2)C(=O)O)cc1. The van der Waals surface area contributed by atoms with Crippen LogP contribution in [-0.4, -0.2) is 11.1 Å². The van der Waals surface area contributed by atoms with E-state index in [9.17, 15) is 14.3 Å². The van der Waals surface area contributed by atoms with Crippen molar-refractivity contribution in [2.24, 2.45) is 5.92 Å². The van der Waals surface area contributed by atoms with Crippen LogP contribution >= 0.6 is 11.6 Å². The van der Waals surface area contributed by atoms with Gasteiger partial charge in [-0.3, -0.25) is 4.79 Å². The molecule has 110 valence electrons. The fourth-order valence-electron chi connectivity index (χ4n) is 2.21. The average Bonchev–Trinajstić information content (AvgIpc) is 2.44. The zero-order valence-electron chi connectivity index (χ0n) is 11.6. The highest BCUT2D eigenvalue weighted by atomic mass is 35.5. The third-order valence-electron chi connectivity index (χ3n) is 3.42. The molecule has 0 aromatic heterocycles. The molecule has 1 N–H and O–H groups in total. The number of carboxylic acid groups (broad SMARTS) is 1. The lowest BCUT2D eigenvalue weighted by Crippen LogP contribution is -2.19. The minimum atomic E-state index is -0.865. The molecule has 0 fully saturated rings. The van der Waals surface area contributed by atoms with Gasteiger partial charge in [0.15, 0.2) is 0 Å². The quantitative estimate of drug-likeness (QED) is 0.895. The lowest BCUT2D eigenvalue weighted by atomic mass is 9.92. The van der Waals surface area contributed by atoms with Crippen molar-refractivity contribution in [2.45, 2.75) is 19.8 Å². The summed E-state index contributed by atoms with van der Waals surface area (Å²) >= 11 is 5.73. The topological polar surface area (TPSA) is 37.3 Å². The van der Waals surface area contributed by atoms with Gasteiger partial charge in [0.1, 0.15) is 5.82 Å². The summed E-state index contributed by atoms with van der Waals surface area (Å²) in [7, 11) is 0. The minimum Gasteiger partial charge on any atom is -0.481 e. The van der Waals surface area contributed by atoms with Gasteiger partial charge in [0, 0.05) is 0 Å². The van der Waals surface area contributed by atoms with E-state index in [1.54, 1.807) is 6.07 Å². The molecule has 4 heteroatoms. The molecule has 21 heavy (non-hydrogen) atoms. The fourth-order valence-corrected chi connectivity index (χ4v) is 2.41. The minimum absolute atomic E-state index is 0.0203. The molecule has 0 saturated heterocycles. The fraction of sp³-hybridized carbons (Fsp3) is 0.235. The van der Waals surface area contributed by atoms with E-state index in [-0.39, 0.29) is 5.02 Å². The van der Waals surface area contributed by atoms with Crippen LogP contribution in [0.1, 0.15) is 16.7 Å². The number of carbonyl (C=O) groups is 1. The maximum absolute atomic E-state index is 13.1. The Labute approximate surface area is 128 Å². The first-order valence-corrected chi connectivity index (χ1v) is 7.06. The van der Waals surface area contributed by atoms with Crippen molar-refractivity contribution in [1.82, 2.24) is 0 Å². The molecular formula is C17H16ClFO2. The van der Waals surface area contributed by atoms with Crippen LogP contribution in [0.15, 0.2) is 42.5 Å². The molecule has 1 atom stereocenters. The Balaban J connectivity index is 2.13. The molecule has 2 aromatic carbocycles. The van der Waals surface area contributed by atoms with Crippen LogP contribution in [0.3, 0.4) is 0 Å². The molecule has 0 heterocycles. The van der Waals surface area contributed by atoms with E-state index in [1.807, 2.05) is 31.2 Å². The summed E-state index contributed by atoms with van der Waals surface area (Å²) < 4.78 is 13.1. The Morgan fingerprint density at radius 1 is 1.14 bits per heavy atom. The zero-order chi connectivity index (χ0) is 15.4. The molecule has 0 aliphatic carbocycles. The van der Waals surface area contributed by atoms with E-state index in [2.05, 4.69) is 0 Å². The predicted octanol–water partition coefficient (Wildman–Crippen LogP) is 4.27. The largest absolute Gasteiger partial charge is 0.481 e. The Morgan fingerprint density at radius 3 is 2.29 bits per heavy atom. The second-order valence-electron chi connectivity index (χ2n) is 5.18. The number of halogens is 2. The molecule has 0 bridgehead atoms. The number of rotatable bonds is 5. The second-order valence-corrected chi connectivity index (χ2v) is 5.58. The van der Waals surface area contributed by atoms with Crippen LogP contribution in [0.2, 0.25) is 5.02 Å². The van der Waals surface area contributed by atoms with Crippen molar-refractivity contribution in [3.05, 3.63) is 70.0 Å². The number of aliphatic carboxylic acids is 1. The van der Waals surface area contributed by atoms with E-state index in [0.717, 1.165) is 16.7 Å². The molecule has 0 aliphatic heterocycles. The Kier molecular flexibility index (Phi) is 4.97. The zero-order valence-corrected chi connectivity index (χ0v) is 12.4. The number of carboxylic acids is 1. The number of aryl methyl sites for hydroxylation is 1. The van der Waals surface area contributed by atoms with E-state index >= 15 is 0 Å². The monoisotopic (exact) mass is 306 g/mol. The highest BCUT2D eigenvalue weighted by molar-refractivity contribution is 6.30. The van der Waals surface area contributed by atoms with Gasteiger partial charge in [-0.25, -0.2) is 4.39 Å². The molecular weight excluding hydrogens is 291 g/mol. The number of hydrogen-bond acceptors (Lipinski definition) is 1. The van der Waals surface area contributed by atoms with Gasteiger partial charge >= 0.3 is 5.97 Å². The maximum atomic E-state index is 13.1. The maximum Gasteiger partial charge on any atom is 0.307 e.